The van der Waals surface area contributed by atoms with Gasteiger partial charge in [0.2, 0.25) is 0 Å². The maximum Gasteiger partial charge on any atom is 0.408 e. The maximum absolute atomic E-state index is 11.6. The molecule has 1 amide bonds. The molecule has 0 aromatic heterocycles. The van der Waals surface area contributed by atoms with Crippen LogP contribution in [0, 0.1) is 0 Å². The molecule has 0 rings (SSSR count). The fourth-order valence-electron chi connectivity index (χ4n) is 1.08. The van der Waals surface area contributed by atoms with Crippen LogP contribution in [0.2, 0.25) is 0 Å². The first-order chi connectivity index (χ1) is 7.02. The van der Waals surface area contributed by atoms with Crippen LogP contribution in [-0.2, 0) is 4.74 Å². The molecule has 0 aromatic carbocycles. The van der Waals surface area contributed by atoms with Gasteiger partial charge in [-0.2, -0.15) is 0 Å². The van der Waals surface area contributed by atoms with E-state index in [2.05, 4.69) is 24.5 Å². The molecule has 4 nitrogen and oxygen atoms in total. The molecular formula is C12H26N2O2. The highest BCUT2D eigenvalue weighted by atomic mass is 16.6. The third-order valence-corrected chi connectivity index (χ3v) is 1.79. The molecule has 0 spiro atoms. The fraction of sp³-hybridized carbons (Fsp3) is 0.917. The summed E-state index contributed by atoms with van der Waals surface area (Å²) in [5, 5.41) is 6.13. The van der Waals surface area contributed by atoms with E-state index in [1.807, 2.05) is 34.6 Å². The van der Waals surface area contributed by atoms with Gasteiger partial charge in [-0.05, 0) is 34.6 Å². The molecule has 0 saturated heterocycles. The smallest absolute Gasteiger partial charge is 0.408 e. The third kappa shape index (κ3) is 8.53. The highest BCUT2D eigenvalue weighted by Gasteiger charge is 2.24. The van der Waals surface area contributed by atoms with Crippen LogP contribution in [0.25, 0.3) is 0 Å². The lowest BCUT2D eigenvalue weighted by atomic mass is 10.1. The van der Waals surface area contributed by atoms with Crippen molar-refractivity contribution < 1.29 is 9.53 Å². The molecule has 0 saturated carbocycles. The zero-order valence-electron chi connectivity index (χ0n) is 11.6. The number of nitrogens with one attached hydrogen (secondary N) is 2. The lowest BCUT2D eigenvalue weighted by molar-refractivity contribution is 0.0471. The number of ether oxygens (including phenoxy) is 1. The van der Waals surface area contributed by atoms with Gasteiger partial charge in [0.05, 0.1) is 5.54 Å². The van der Waals surface area contributed by atoms with Crippen LogP contribution in [0.3, 0.4) is 0 Å². The second-order valence-corrected chi connectivity index (χ2v) is 6.05. The summed E-state index contributed by atoms with van der Waals surface area (Å²) >= 11 is 0. The van der Waals surface area contributed by atoms with Gasteiger partial charge in [0, 0.05) is 12.6 Å². The molecule has 4 heteroatoms. The summed E-state index contributed by atoms with van der Waals surface area (Å²) in [5.41, 5.74) is -0.766. The van der Waals surface area contributed by atoms with Crippen molar-refractivity contribution in [2.24, 2.45) is 0 Å². The molecule has 0 aliphatic rings. The zero-order valence-corrected chi connectivity index (χ0v) is 11.6. The number of hydrogen-bond donors (Lipinski definition) is 2. The summed E-state index contributed by atoms with van der Waals surface area (Å²) in [6, 6.07) is 0.403. The maximum atomic E-state index is 11.6. The molecule has 96 valence electrons. The van der Waals surface area contributed by atoms with Crippen LogP contribution >= 0.6 is 0 Å². The number of carbonyl (C=O) groups is 1. The van der Waals surface area contributed by atoms with Crippen molar-refractivity contribution in [1.29, 1.82) is 0 Å². The molecule has 0 aromatic rings. The minimum atomic E-state index is -0.453. The SMILES string of the molecule is CC(C)NCC(C)(C)NC(=O)OC(C)(C)C. The van der Waals surface area contributed by atoms with Crippen molar-refractivity contribution in [3.8, 4) is 0 Å². The van der Waals surface area contributed by atoms with Crippen molar-refractivity contribution in [1.82, 2.24) is 10.6 Å². The molecule has 0 aliphatic heterocycles. The summed E-state index contributed by atoms with van der Waals surface area (Å²) < 4.78 is 5.20. The van der Waals surface area contributed by atoms with E-state index in [-0.39, 0.29) is 11.6 Å². The minimum Gasteiger partial charge on any atom is -0.444 e. The van der Waals surface area contributed by atoms with Gasteiger partial charge in [-0.1, -0.05) is 13.8 Å². The van der Waals surface area contributed by atoms with Gasteiger partial charge in [0.15, 0.2) is 0 Å². The average molecular weight is 230 g/mol. The van der Waals surface area contributed by atoms with Crippen LogP contribution in [-0.4, -0.2) is 29.8 Å². The first-order valence-electron chi connectivity index (χ1n) is 5.76. The summed E-state index contributed by atoms with van der Waals surface area (Å²) in [6.07, 6.45) is -0.372. The Bertz CT molecular complexity index is 230. The Labute approximate surface area is 99.1 Å². The van der Waals surface area contributed by atoms with Crippen molar-refractivity contribution in [3.05, 3.63) is 0 Å². The highest BCUT2D eigenvalue weighted by Crippen LogP contribution is 2.09. The number of hydrogen-bond acceptors (Lipinski definition) is 3. The van der Waals surface area contributed by atoms with E-state index in [0.29, 0.717) is 12.6 Å². The third-order valence-electron chi connectivity index (χ3n) is 1.79. The lowest BCUT2D eigenvalue weighted by Gasteiger charge is -2.29. The zero-order chi connectivity index (χ0) is 13.0. The van der Waals surface area contributed by atoms with E-state index in [9.17, 15) is 4.79 Å². The van der Waals surface area contributed by atoms with Gasteiger partial charge in [0.1, 0.15) is 5.60 Å². The molecule has 0 aliphatic carbocycles. The van der Waals surface area contributed by atoms with E-state index in [1.54, 1.807) is 0 Å². The topological polar surface area (TPSA) is 50.4 Å². The van der Waals surface area contributed by atoms with Gasteiger partial charge in [-0.3, -0.25) is 0 Å². The van der Waals surface area contributed by atoms with Crippen LogP contribution in [0.1, 0.15) is 48.5 Å². The molecule has 16 heavy (non-hydrogen) atoms. The highest BCUT2D eigenvalue weighted by molar-refractivity contribution is 5.68. The molecule has 2 N–H and O–H groups in total. The van der Waals surface area contributed by atoms with Crippen LogP contribution in [0.4, 0.5) is 4.79 Å². The molecule has 0 bridgehead atoms. The predicted molar refractivity (Wildman–Crippen MR) is 66.6 cm³/mol. The molecule has 0 heterocycles. The van der Waals surface area contributed by atoms with Gasteiger partial charge in [-0.25, -0.2) is 4.79 Å². The molecular weight excluding hydrogens is 204 g/mol. The largest absolute Gasteiger partial charge is 0.444 e. The van der Waals surface area contributed by atoms with E-state index in [0.717, 1.165) is 0 Å². The Kier molecular flexibility index (Phi) is 5.26. The van der Waals surface area contributed by atoms with Crippen molar-refractivity contribution in [3.63, 3.8) is 0 Å². The quantitative estimate of drug-likeness (QED) is 0.779. The summed E-state index contributed by atoms with van der Waals surface area (Å²) in [7, 11) is 0. The summed E-state index contributed by atoms with van der Waals surface area (Å²) in [4.78, 5) is 11.6. The normalized spacial score (nSPS) is 12.8. The van der Waals surface area contributed by atoms with Gasteiger partial charge < -0.3 is 15.4 Å². The van der Waals surface area contributed by atoms with Crippen LogP contribution in [0.15, 0.2) is 0 Å². The van der Waals surface area contributed by atoms with Gasteiger partial charge in [-0.15, -0.1) is 0 Å². The summed E-state index contributed by atoms with van der Waals surface area (Å²) in [5.74, 6) is 0. The number of alkyl carbamates (subject to hydrolysis) is 1. The Morgan fingerprint density at radius 3 is 2.06 bits per heavy atom. The monoisotopic (exact) mass is 230 g/mol. The van der Waals surface area contributed by atoms with Crippen LogP contribution in [0.5, 0.6) is 0 Å². The van der Waals surface area contributed by atoms with E-state index in [1.165, 1.54) is 0 Å². The summed E-state index contributed by atoms with van der Waals surface area (Å²) in [6.45, 7) is 14.3. The molecule has 0 unspecified atom stereocenters. The first-order valence-corrected chi connectivity index (χ1v) is 5.76. The van der Waals surface area contributed by atoms with Crippen LogP contribution < -0.4 is 10.6 Å². The molecule has 0 fully saturated rings. The van der Waals surface area contributed by atoms with E-state index in [4.69, 9.17) is 4.74 Å². The lowest BCUT2D eigenvalue weighted by Crippen LogP contribution is -2.52. The van der Waals surface area contributed by atoms with Gasteiger partial charge >= 0.3 is 6.09 Å². The second-order valence-electron chi connectivity index (χ2n) is 6.05. The van der Waals surface area contributed by atoms with Crippen molar-refractivity contribution in [2.75, 3.05) is 6.54 Å². The van der Waals surface area contributed by atoms with Crippen molar-refractivity contribution >= 4 is 6.09 Å². The average Bonchev–Trinajstić information content (AvgIpc) is 1.95. The Hall–Kier alpha value is -0.770. The Balaban J connectivity index is 4.10. The Morgan fingerprint density at radius 2 is 1.69 bits per heavy atom. The Morgan fingerprint density at radius 1 is 1.19 bits per heavy atom. The number of rotatable bonds is 4. The van der Waals surface area contributed by atoms with Gasteiger partial charge in [0.25, 0.3) is 0 Å². The standard InChI is InChI=1S/C12H26N2O2/c1-9(2)13-8-12(6,7)14-10(15)16-11(3,4)5/h9,13H,8H2,1-7H3,(H,14,15). The van der Waals surface area contributed by atoms with Crippen molar-refractivity contribution in [2.45, 2.75) is 65.6 Å². The second kappa shape index (κ2) is 5.53. The van der Waals surface area contributed by atoms with E-state index >= 15 is 0 Å². The predicted octanol–water partition coefficient (Wildman–Crippen LogP) is 2.29. The fourth-order valence-corrected chi connectivity index (χ4v) is 1.08. The number of amides is 1. The first kappa shape index (κ1) is 15.2. The van der Waals surface area contributed by atoms with E-state index < -0.39 is 5.60 Å². The molecule has 0 atom stereocenters. The minimum absolute atomic E-state index is 0.313. The number of carbonyl (C=O) groups excluding carboxylic acids is 1. The molecule has 0 radical (unpaired) electrons.